The first-order valence-corrected chi connectivity index (χ1v) is 15.7. The molecule has 3 aromatic rings. The van der Waals surface area contributed by atoms with E-state index < -0.39 is 35.1 Å². The quantitative estimate of drug-likeness (QED) is 0.123. The van der Waals surface area contributed by atoms with E-state index in [0.717, 1.165) is 15.7 Å². The van der Waals surface area contributed by atoms with Crippen LogP contribution in [-0.4, -0.2) is 87.7 Å². The molecule has 244 valence electrons. The minimum Gasteiger partial charge on any atom is -0.759 e. The number of piperazine rings is 1. The number of anilines is 1. The van der Waals surface area contributed by atoms with E-state index in [1.54, 1.807) is 68.4 Å². The lowest BCUT2D eigenvalue weighted by Crippen LogP contribution is -2.60. The predicted molar refractivity (Wildman–Crippen MR) is 172 cm³/mol. The Balaban J connectivity index is 1.42. The van der Waals surface area contributed by atoms with Gasteiger partial charge < -0.3 is 28.9 Å². The molecule has 0 aromatic heterocycles. The van der Waals surface area contributed by atoms with Gasteiger partial charge in [0, 0.05) is 61.4 Å². The summed E-state index contributed by atoms with van der Waals surface area (Å²) in [6.45, 7) is 5.72. The maximum atomic E-state index is 13.0. The Morgan fingerprint density at radius 3 is 2.24 bits per heavy atom. The molecule has 4 rings (SSSR count). The SMILES string of the molecule is COCCOc1ccc(C#Cc2ccc(N3CCN(N(C(C(=O)O)C(C)C)S(=O)[O-])CC3)cc2)cc1C(=O)NOc1ccccc1. The molecule has 12 nitrogen and oxygen atoms in total. The number of carboxylic acids is 1. The summed E-state index contributed by atoms with van der Waals surface area (Å²) in [7, 11) is 1.57. The summed E-state index contributed by atoms with van der Waals surface area (Å²) >= 11 is -2.71. The highest BCUT2D eigenvalue weighted by atomic mass is 32.2. The zero-order valence-electron chi connectivity index (χ0n) is 25.9. The summed E-state index contributed by atoms with van der Waals surface area (Å²) in [5.74, 6) is 5.01. The smallest absolute Gasteiger partial charge is 0.323 e. The zero-order chi connectivity index (χ0) is 33.1. The number of carbonyl (C=O) groups excluding carboxylic acids is 1. The molecule has 0 spiro atoms. The van der Waals surface area contributed by atoms with Crippen LogP contribution in [-0.2, 0) is 20.8 Å². The molecule has 1 fully saturated rings. The monoisotopic (exact) mass is 649 g/mol. The Morgan fingerprint density at radius 2 is 1.63 bits per heavy atom. The van der Waals surface area contributed by atoms with Gasteiger partial charge in [-0.15, -0.1) is 0 Å². The number of hydrazine groups is 1. The molecule has 13 heteroatoms. The van der Waals surface area contributed by atoms with Crippen LogP contribution >= 0.6 is 0 Å². The Hall–Kier alpha value is -4.45. The van der Waals surface area contributed by atoms with Gasteiger partial charge in [-0.25, -0.2) is 5.01 Å². The van der Waals surface area contributed by atoms with Gasteiger partial charge in [-0.1, -0.05) is 43.9 Å². The van der Waals surface area contributed by atoms with Crippen molar-refractivity contribution >= 4 is 28.8 Å². The third-order valence-corrected chi connectivity index (χ3v) is 7.93. The number of nitrogens with one attached hydrogen (secondary N) is 1. The molecule has 0 radical (unpaired) electrons. The lowest BCUT2D eigenvalue weighted by Gasteiger charge is -2.45. The van der Waals surface area contributed by atoms with Crippen molar-refractivity contribution in [3.63, 3.8) is 0 Å². The van der Waals surface area contributed by atoms with E-state index in [0.29, 0.717) is 49.8 Å². The normalized spacial score (nSPS) is 14.7. The number of carbonyl (C=O) groups is 2. The van der Waals surface area contributed by atoms with Gasteiger partial charge in [0.25, 0.3) is 5.91 Å². The number of aliphatic carboxylic acids is 1. The summed E-state index contributed by atoms with van der Waals surface area (Å²) in [6, 6.07) is 20.4. The van der Waals surface area contributed by atoms with Crippen LogP contribution in [0.3, 0.4) is 0 Å². The summed E-state index contributed by atoms with van der Waals surface area (Å²) in [6.07, 6.45) is 0. The number of benzene rings is 3. The fourth-order valence-electron chi connectivity index (χ4n) is 4.84. The number of nitrogens with zero attached hydrogens (tertiary/aromatic N) is 3. The van der Waals surface area contributed by atoms with Crippen LogP contribution in [0.25, 0.3) is 0 Å². The highest BCUT2D eigenvalue weighted by molar-refractivity contribution is 7.76. The molecule has 1 aliphatic heterocycles. The van der Waals surface area contributed by atoms with Crippen molar-refractivity contribution < 1.29 is 37.8 Å². The number of carboxylic acid groups (broad SMARTS) is 1. The number of methoxy groups -OCH3 is 1. The predicted octanol–water partition coefficient (Wildman–Crippen LogP) is 3.08. The number of hydroxylamine groups is 1. The summed E-state index contributed by atoms with van der Waals surface area (Å²) in [5, 5.41) is 11.2. The van der Waals surface area contributed by atoms with Crippen LogP contribution < -0.4 is 20.0 Å². The van der Waals surface area contributed by atoms with E-state index in [-0.39, 0.29) is 12.2 Å². The lowest BCUT2D eigenvalue weighted by molar-refractivity contribution is -0.149. The molecule has 0 bridgehead atoms. The second-order valence-corrected chi connectivity index (χ2v) is 11.5. The van der Waals surface area contributed by atoms with Crippen LogP contribution in [0, 0.1) is 17.8 Å². The van der Waals surface area contributed by atoms with Crippen molar-refractivity contribution in [3.05, 3.63) is 89.5 Å². The second-order valence-electron chi connectivity index (χ2n) is 10.7. The minimum atomic E-state index is -2.71. The Bertz CT molecular complexity index is 1550. The summed E-state index contributed by atoms with van der Waals surface area (Å²) in [4.78, 5) is 32.3. The lowest BCUT2D eigenvalue weighted by atomic mass is 10.1. The maximum Gasteiger partial charge on any atom is 0.323 e. The highest BCUT2D eigenvalue weighted by Crippen LogP contribution is 2.23. The first kappa shape index (κ1) is 34.4. The fourth-order valence-corrected chi connectivity index (χ4v) is 5.71. The van der Waals surface area contributed by atoms with Crippen molar-refractivity contribution in [3.8, 4) is 23.3 Å². The second kappa shape index (κ2) is 16.7. The molecular formula is C33H37N4O8S-. The fraction of sp³-hybridized carbons (Fsp3) is 0.333. The summed E-state index contributed by atoms with van der Waals surface area (Å²) < 4.78 is 35.7. The van der Waals surface area contributed by atoms with E-state index in [1.165, 1.54) is 0 Å². The van der Waals surface area contributed by atoms with Crippen molar-refractivity contribution in [1.82, 2.24) is 14.9 Å². The third-order valence-electron chi connectivity index (χ3n) is 7.17. The summed E-state index contributed by atoms with van der Waals surface area (Å²) in [5.41, 5.74) is 5.01. The van der Waals surface area contributed by atoms with E-state index in [1.807, 2.05) is 30.3 Å². The number of para-hydroxylation sites is 1. The van der Waals surface area contributed by atoms with E-state index >= 15 is 0 Å². The van der Waals surface area contributed by atoms with Gasteiger partial charge in [0.2, 0.25) is 0 Å². The average Bonchev–Trinajstić information content (AvgIpc) is 3.06. The van der Waals surface area contributed by atoms with Crippen LogP contribution in [0.15, 0.2) is 72.8 Å². The Morgan fingerprint density at radius 1 is 0.978 bits per heavy atom. The van der Waals surface area contributed by atoms with Gasteiger partial charge in [-0.3, -0.25) is 13.8 Å². The number of hydrogen-bond donors (Lipinski definition) is 2. The number of ether oxygens (including phenoxy) is 2. The molecular weight excluding hydrogens is 612 g/mol. The Kier molecular flexibility index (Phi) is 12.5. The minimum absolute atomic E-state index is 0.260. The molecule has 1 heterocycles. The topological polar surface area (TPSA) is 144 Å². The standard InChI is InChI=1S/C33H38N4O8S/c1-24(2)31(33(39)40)37(46(41)42)36-19-17-35(18-20-36)27-14-11-25(12-15-27)9-10-26-13-16-30(44-22-21-43-3)29(23-26)32(38)34-45-28-7-5-4-6-8-28/h4-8,11-16,23-24,31H,17-22H2,1-3H3,(H,34,38)(H,39,40)(H,41,42)/p-1. The molecule has 2 unspecified atom stereocenters. The van der Waals surface area contributed by atoms with Gasteiger partial charge in [0.1, 0.15) is 18.4 Å². The van der Waals surface area contributed by atoms with Crippen LogP contribution in [0.4, 0.5) is 5.69 Å². The molecule has 0 saturated carbocycles. The average molecular weight is 650 g/mol. The van der Waals surface area contributed by atoms with Gasteiger partial charge in [0.15, 0.2) is 5.75 Å². The Labute approximate surface area is 271 Å². The van der Waals surface area contributed by atoms with Gasteiger partial charge in [0.05, 0.1) is 12.2 Å². The molecule has 1 aliphatic rings. The number of amides is 1. The van der Waals surface area contributed by atoms with Crippen LogP contribution in [0.1, 0.15) is 35.3 Å². The van der Waals surface area contributed by atoms with E-state index in [9.17, 15) is 23.5 Å². The van der Waals surface area contributed by atoms with E-state index in [4.69, 9.17) is 14.3 Å². The number of hydrogen-bond acceptors (Lipinski definition) is 9. The molecule has 1 amide bonds. The molecule has 46 heavy (non-hydrogen) atoms. The largest absolute Gasteiger partial charge is 0.759 e. The molecule has 2 atom stereocenters. The molecule has 3 aromatic carbocycles. The van der Waals surface area contributed by atoms with Crippen LogP contribution in [0.2, 0.25) is 0 Å². The van der Waals surface area contributed by atoms with Gasteiger partial charge in [-0.2, -0.15) is 9.89 Å². The molecule has 1 saturated heterocycles. The van der Waals surface area contributed by atoms with Crippen molar-refractivity contribution in [2.75, 3.05) is 51.4 Å². The maximum absolute atomic E-state index is 13.0. The molecule has 0 aliphatic carbocycles. The number of rotatable bonds is 13. The van der Waals surface area contributed by atoms with Crippen molar-refractivity contribution in [2.24, 2.45) is 5.92 Å². The first-order valence-electron chi connectivity index (χ1n) is 14.7. The first-order chi connectivity index (χ1) is 22.2. The van der Waals surface area contributed by atoms with Crippen molar-refractivity contribution in [2.45, 2.75) is 19.9 Å². The van der Waals surface area contributed by atoms with E-state index in [2.05, 4.69) is 22.2 Å². The highest BCUT2D eigenvalue weighted by Gasteiger charge is 2.35. The zero-order valence-corrected chi connectivity index (χ0v) is 26.7. The molecule has 2 N–H and O–H groups in total. The van der Waals surface area contributed by atoms with Gasteiger partial charge >= 0.3 is 5.97 Å². The van der Waals surface area contributed by atoms with Crippen molar-refractivity contribution in [1.29, 1.82) is 0 Å². The van der Waals surface area contributed by atoms with Gasteiger partial charge in [-0.05, 0) is 60.5 Å². The van der Waals surface area contributed by atoms with Crippen LogP contribution in [0.5, 0.6) is 11.5 Å². The third kappa shape index (κ3) is 9.29.